The minimum absolute atomic E-state index is 0.121. The van der Waals surface area contributed by atoms with Gasteiger partial charge in [0.15, 0.2) is 11.6 Å². The maximum Gasteiger partial charge on any atom is 0.410 e. The third-order valence-electron chi connectivity index (χ3n) is 9.50. The maximum atomic E-state index is 14.4. The van der Waals surface area contributed by atoms with Gasteiger partial charge in [0.05, 0.1) is 23.2 Å². The highest BCUT2D eigenvalue weighted by Gasteiger charge is 2.37. The molecule has 3 heterocycles. The van der Waals surface area contributed by atoms with Crippen molar-refractivity contribution < 1.29 is 27.8 Å². The molecule has 2 aromatic carbocycles. The summed E-state index contributed by atoms with van der Waals surface area (Å²) in [5.41, 5.74) is 2.58. The first-order valence-corrected chi connectivity index (χ1v) is 16.6. The summed E-state index contributed by atoms with van der Waals surface area (Å²) in [5, 5.41) is 3.65. The van der Waals surface area contributed by atoms with Crippen molar-refractivity contribution in [3.8, 4) is 0 Å². The summed E-state index contributed by atoms with van der Waals surface area (Å²) < 4.78 is 41.7. The molecule has 1 atom stereocenters. The van der Waals surface area contributed by atoms with Crippen molar-refractivity contribution in [2.24, 2.45) is 0 Å². The fourth-order valence-electron chi connectivity index (χ4n) is 7.21. The maximum absolute atomic E-state index is 14.4. The molecule has 1 aromatic heterocycles. The number of piperidine rings is 2. The van der Waals surface area contributed by atoms with Crippen LogP contribution in [0.1, 0.15) is 96.5 Å². The number of hydrogen-bond acceptors (Lipinski definition) is 6. The van der Waals surface area contributed by atoms with Crippen LogP contribution in [0, 0.1) is 11.6 Å². The van der Waals surface area contributed by atoms with E-state index in [-0.39, 0.29) is 30.2 Å². The summed E-state index contributed by atoms with van der Waals surface area (Å²) in [6.07, 6.45) is 6.94. The number of amides is 2. The van der Waals surface area contributed by atoms with E-state index in [1.54, 1.807) is 16.9 Å². The lowest BCUT2D eigenvalue weighted by Gasteiger charge is -2.37. The number of rotatable bonds is 6. The third kappa shape index (κ3) is 6.84. The third-order valence-corrected chi connectivity index (χ3v) is 9.50. The number of nitrogens with zero attached hydrogens (tertiary/aromatic N) is 4. The molecule has 2 amide bonds. The van der Waals surface area contributed by atoms with Gasteiger partial charge in [0.2, 0.25) is 5.91 Å². The molecule has 6 rings (SSSR count). The van der Waals surface area contributed by atoms with Crippen molar-refractivity contribution in [3.63, 3.8) is 0 Å². The second-order valence-electron chi connectivity index (χ2n) is 13.9. The molecule has 2 aliphatic heterocycles. The second-order valence-corrected chi connectivity index (χ2v) is 13.9. The van der Waals surface area contributed by atoms with Gasteiger partial charge in [-0.1, -0.05) is 0 Å². The standard InChI is InChI=1S/C35H45F2N5O4/c1-35(2,3)46-34(44)40-18-16-22(17-19-40)38-23-8-15-30-29(20-23)39-33(42(30)24-9-12-26(45-4)13-10-24)31-6-5-7-32(43)41(31)25-11-14-27(36)28(37)21-25/h8,11,14-15,20-22,24,26,31,38H,5-7,9-10,12-13,16-19H2,1-4H3/t24-,26-,31-/m0/s1. The van der Waals surface area contributed by atoms with Gasteiger partial charge in [0.1, 0.15) is 11.4 Å². The van der Waals surface area contributed by atoms with Gasteiger partial charge in [0.25, 0.3) is 0 Å². The van der Waals surface area contributed by atoms with E-state index in [9.17, 15) is 18.4 Å². The summed E-state index contributed by atoms with van der Waals surface area (Å²) in [7, 11) is 1.76. The molecular weight excluding hydrogens is 592 g/mol. The number of anilines is 2. The van der Waals surface area contributed by atoms with Crippen LogP contribution in [0.15, 0.2) is 36.4 Å². The molecule has 9 nitrogen and oxygen atoms in total. The van der Waals surface area contributed by atoms with E-state index in [0.29, 0.717) is 38.0 Å². The molecular formula is C35H45F2N5O4. The molecule has 11 heteroatoms. The first-order valence-electron chi connectivity index (χ1n) is 16.6. The fraction of sp³-hybridized carbons (Fsp3) is 0.571. The number of likely N-dealkylation sites (tertiary alicyclic amines) is 1. The zero-order valence-corrected chi connectivity index (χ0v) is 27.2. The lowest BCUT2D eigenvalue weighted by molar-refractivity contribution is -0.120. The Morgan fingerprint density at radius 2 is 1.70 bits per heavy atom. The van der Waals surface area contributed by atoms with Crippen molar-refractivity contribution in [2.45, 2.75) is 108 Å². The molecule has 1 aliphatic carbocycles. The van der Waals surface area contributed by atoms with E-state index in [2.05, 4.69) is 28.1 Å². The van der Waals surface area contributed by atoms with Crippen molar-refractivity contribution in [1.82, 2.24) is 14.5 Å². The van der Waals surface area contributed by atoms with Crippen molar-refractivity contribution in [2.75, 3.05) is 30.4 Å². The highest BCUT2D eigenvalue weighted by atomic mass is 19.2. The Morgan fingerprint density at radius 1 is 0.957 bits per heavy atom. The van der Waals surface area contributed by atoms with E-state index >= 15 is 0 Å². The molecule has 1 saturated carbocycles. The number of benzene rings is 2. The van der Waals surface area contributed by atoms with Gasteiger partial charge in [-0.2, -0.15) is 0 Å². The average Bonchev–Trinajstić information content (AvgIpc) is 3.40. The molecule has 1 N–H and O–H groups in total. The van der Waals surface area contributed by atoms with Gasteiger partial charge in [-0.05, 0) is 102 Å². The lowest BCUT2D eigenvalue weighted by atomic mass is 9.92. The van der Waals surface area contributed by atoms with Gasteiger partial charge in [-0.15, -0.1) is 0 Å². The van der Waals surface area contributed by atoms with Crippen LogP contribution in [-0.4, -0.2) is 64.4 Å². The Morgan fingerprint density at radius 3 is 2.37 bits per heavy atom. The zero-order valence-electron chi connectivity index (χ0n) is 27.2. The zero-order chi connectivity index (χ0) is 32.6. The summed E-state index contributed by atoms with van der Waals surface area (Å²) in [6, 6.07) is 9.85. The first-order chi connectivity index (χ1) is 22.0. The number of carbonyl (C=O) groups excluding carboxylic acids is 2. The minimum atomic E-state index is -0.978. The second kappa shape index (κ2) is 13.2. The van der Waals surface area contributed by atoms with E-state index < -0.39 is 23.3 Å². The summed E-state index contributed by atoms with van der Waals surface area (Å²) in [6.45, 7) is 6.86. The van der Waals surface area contributed by atoms with Crippen LogP contribution in [0.5, 0.6) is 0 Å². The normalized spacial score (nSPS) is 23.2. The van der Waals surface area contributed by atoms with Crippen LogP contribution in [0.4, 0.5) is 25.0 Å². The number of aromatic nitrogens is 2. The molecule has 0 spiro atoms. The molecule has 0 unspecified atom stereocenters. The molecule has 3 fully saturated rings. The van der Waals surface area contributed by atoms with Crippen LogP contribution in [0.2, 0.25) is 0 Å². The predicted octanol–water partition coefficient (Wildman–Crippen LogP) is 7.51. The largest absolute Gasteiger partial charge is 0.444 e. The number of halogens is 2. The molecule has 3 aliphatic rings. The van der Waals surface area contributed by atoms with Crippen LogP contribution in [0.25, 0.3) is 11.0 Å². The van der Waals surface area contributed by atoms with Gasteiger partial charge >= 0.3 is 6.09 Å². The Kier molecular flexibility index (Phi) is 9.23. The van der Waals surface area contributed by atoms with Gasteiger partial charge in [0, 0.05) is 56.1 Å². The minimum Gasteiger partial charge on any atom is -0.444 e. The number of carbonyl (C=O) groups is 2. The number of fused-ring (bicyclic) bond motifs is 1. The topological polar surface area (TPSA) is 88.9 Å². The lowest BCUT2D eigenvalue weighted by Crippen LogP contribution is -2.44. The van der Waals surface area contributed by atoms with E-state index in [0.717, 1.165) is 73.2 Å². The van der Waals surface area contributed by atoms with Gasteiger partial charge < -0.3 is 29.2 Å². The summed E-state index contributed by atoms with van der Waals surface area (Å²) >= 11 is 0. The highest BCUT2D eigenvalue weighted by Crippen LogP contribution is 2.41. The Labute approximate surface area is 269 Å². The van der Waals surface area contributed by atoms with Gasteiger partial charge in [-0.25, -0.2) is 18.6 Å². The molecule has 248 valence electrons. The number of nitrogens with one attached hydrogen (secondary N) is 1. The number of hydrogen-bond donors (Lipinski definition) is 1. The quantitative estimate of drug-likeness (QED) is 0.301. The number of imidazole rings is 1. The first kappa shape index (κ1) is 32.2. The SMILES string of the molecule is CO[C@H]1CC[C@H](n2c([C@@H]3CCCC(=O)N3c3ccc(F)c(F)c3)nc3cc(NC4CCN(C(=O)OC(C)(C)C)CC4)ccc32)CC1. The van der Waals surface area contributed by atoms with Crippen LogP contribution >= 0.6 is 0 Å². The predicted molar refractivity (Wildman–Crippen MR) is 173 cm³/mol. The molecule has 46 heavy (non-hydrogen) atoms. The molecule has 3 aromatic rings. The van der Waals surface area contributed by atoms with Crippen molar-refractivity contribution in [1.29, 1.82) is 0 Å². The fourth-order valence-corrected chi connectivity index (χ4v) is 7.21. The van der Waals surface area contributed by atoms with Crippen molar-refractivity contribution >= 4 is 34.4 Å². The Balaban J connectivity index is 1.29. The van der Waals surface area contributed by atoms with Crippen LogP contribution in [0.3, 0.4) is 0 Å². The van der Waals surface area contributed by atoms with Crippen LogP contribution in [-0.2, 0) is 14.3 Å². The molecule has 2 saturated heterocycles. The number of methoxy groups -OCH3 is 1. The monoisotopic (exact) mass is 637 g/mol. The van der Waals surface area contributed by atoms with Crippen LogP contribution < -0.4 is 10.2 Å². The smallest absolute Gasteiger partial charge is 0.410 e. The number of ether oxygens (including phenoxy) is 2. The Hall–Kier alpha value is -3.73. The van der Waals surface area contributed by atoms with E-state index in [1.165, 1.54) is 6.07 Å². The summed E-state index contributed by atoms with van der Waals surface area (Å²) in [4.78, 5) is 34.5. The molecule has 0 bridgehead atoms. The summed E-state index contributed by atoms with van der Waals surface area (Å²) in [5.74, 6) is -1.27. The average molecular weight is 638 g/mol. The highest BCUT2D eigenvalue weighted by molar-refractivity contribution is 5.95. The van der Waals surface area contributed by atoms with E-state index in [4.69, 9.17) is 14.5 Å². The van der Waals surface area contributed by atoms with E-state index in [1.807, 2.05) is 20.8 Å². The van der Waals surface area contributed by atoms with Crippen molar-refractivity contribution in [3.05, 3.63) is 53.9 Å². The molecule has 0 radical (unpaired) electrons. The Bertz CT molecular complexity index is 1570. The van der Waals surface area contributed by atoms with Gasteiger partial charge in [-0.3, -0.25) is 4.79 Å².